The molecule has 0 amide bonds. The van der Waals surface area contributed by atoms with Gasteiger partial charge in [0.25, 0.3) is 0 Å². The van der Waals surface area contributed by atoms with E-state index in [0.29, 0.717) is 26.4 Å². The maximum absolute atomic E-state index is 5.77. The highest BCUT2D eigenvalue weighted by Gasteiger charge is 2.23. The number of fused-ring (bicyclic) bond motifs is 2. The summed E-state index contributed by atoms with van der Waals surface area (Å²) in [5.41, 5.74) is 6.66. The first kappa shape index (κ1) is 25.2. The van der Waals surface area contributed by atoms with Crippen molar-refractivity contribution < 1.29 is 18.9 Å². The lowest BCUT2D eigenvalue weighted by molar-refractivity contribution is 0.0969. The molecule has 5 rings (SSSR count). The molecule has 0 spiro atoms. The Morgan fingerprint density at radius 1 is 0.871 bits per heavy atom. The molecule has 0 saturated carbocycles. The normalized spacial score (nSPS) is 19.2. The largest absolute Gasteiger partial charge is 0.486 e. The van der Waals surface area contributed by atoms with Gasteiger partial charge in [-0.1, -0.05) is 25.1 Å². The Labute approximate surface area is 196 Å². The first-order valence-electron chi connectivity index (χ1n) is 10.5. The second-order valence-corrected chi connectivity index (χ2v) is 7.70. The molecule has 6 nitrogen and oxygen atoms in total. The van der Waals surface area contributed by atoms with Gasteiger partial charge >= 0.3 is 0 Å². The molecule has 3 heterocycles. The smallest absolute Gasteiger partial charge is 0.184 e. The summed E-state index contributed by atoms with van der Waals surface area (Å²) in [5, 5.41) is 0. The molecule has 172 valence electrons. The average Bonchev–Trinajstić information content (AvgIpc) is 2.79. The van der Waals surface area contributed by atoms with Gasteiger partial charge in [-0.05, 0) is 43.0 Å². The van der Waals surface area contributed by atoms with E-state index in [9.17, 15) is 0 Å². The van der Waals surface area contributed by atoms with Crippen molar-refractivity contribution in [1.29, 1.82) is 0 Å². The molecule has 1 unspecified atom stereocenters. The number of halogens is 2. The predicted octanol–water partition coefficient (Wildman–Crippen LogP) is 4.32. The zero-order valence-corrected chi connectivity index (χ0v) is 19.5. The monoisotopic (exact) mass is 470 g/mol. The topological polar surface area (TPSA) is 66.2 Å². The molecule has 1 saturated heterocycles. The van der Waals surface area contributed by atoms with Crippen molar-refractivity contribution in [2.45, 2.75) is 25.9 Å². The Balaban J connectivity index is 0.000000218. The van der Waals surface area contributed by atoms with Gasteiger partial charge in [0.15, 0.2) is 23.0 Å². The van der Waals surface area contributed by atoms with Crippen molar-refractivity contribution in [3.05, 3.63) is 42.5 Å². The molecule has 3 aliphatic heterocycles. The van der Waals surface area contributed by atoms with Crippen LogP contribution >= 0.6 is 24.8 Å². The first-order valence-corrected chi connectivity index (χ1v) is 10.5. The van der Waals surface area contributed by atoms with Crippen LogP contribution in [0.3, 0.4) is 0 Å². The fourth-order valence-corrected chi connectivity index (χ4v) is 3.74. The van der Waals surface area contributed by atoms with Crippen LogP contribution in [-0.2, 0) is 0 Å². The summed E-state index contributed by atoms with van der Waals surface area (Å²) in [6, 6.07) is 13.8. The molecule has 2 aromatic carbocycles. The Bertz CT molecular complexity index is 816. The van der Waals surface area contributed by atoms with Crippen molar-refractivity contribution in [3.63, 3.8) is 0 Å². The third-order valence-electron chi connectivity index (χ3n) is 5.50. The van der Waals surface area contributed by atoms with Gasteiger partial charge in [0, 0.05) is 19.6 Å². The molecule has 0 aliphatic carbocycles. The molecule has 31 heavy (non-hydrogen) atoms. The third-order valence-corrected chi connectivity index (χ3v) is 5.50. The van der Waals surface area contributed by atoms with Gasteiger partial charge in [0.05, 0.1) is 5.69 Å². The van der Waals surface area contributed by atoms with Gasteiger partial charge in [-0.15, -0.1) is 24.8 Å². The SMILES string of the molecule is CC1CCN(c2cccc3c2OCCO3)CC1.Cl.Cl.NCC1COc2ccccc2O1. The standard InChI is InChI=1S/C14H19NO2.C9H11NO2.2ClH/c1-11-5-7-15(8-6-11)12-3-2-4-13-14(12)17-10-9-16-13;10-5-7-6-11-8-3-1-2-4-9(8)12-7;;/h2-4,11H,5-10H2,1H3;1-4,7H,5-6,10H2;2*1H. The second-order valence-electron chi connectivity index (χ2n) is 7.70. The van der Waals surface area contributed by atoms with Crippen LogP contribution in [0, 0.1) is 5.92 Å². The number of piperidine rings is 1. The van der Waals surface area contributed by atoms with E-state index in [4.69, 9.17) is 24.7 Å². The zero-order valence-electron chi connectivity index (χ0n) is 17.8. The van der Waals surface area contributed by atoms with Crippen LogP contribution < -0.4 is 29.6 Å². The number of nitrogens with two attached hydrogens (primary N) is 1. The lowest BCUT2D eigenvalue weighted by Gasteiger charge is -2.34. The minimum absolute atomic E-state index is 0. The van der Waals surface area contributed by atoms with Gasteiger partial charge in [-0.3, -0.25) is 0 Å². The number of nitrogens with zero attached hydrogens (tertiary/aromatic N) is 1. The van der Waals surface area contributed by atoms with E-state index in [2.05, 4.69) is 24.0 Å². The van der Waals surface area contributed by atoms with Gasteiger partial charge in [-0.2, -0.15) is 0 Å². The van der Waals surface area contributed by atoms with E-state index in [0.717, 1.165) is 42.0 Å². The lowest BCUT2D eigenvalue weighted by Crippen LogP contribution is -2.35. The summed E-state index contributed by atoms with van der Waals surface area (Å²) < 4.78 is 22.3. The number of rotatable bonds is 2. The lowest BCUT2D eigenvalue weighted by atomic mass is 9.98. The minimum Gasteiger partial charge on any atom is -0.486 e. The molecule has 2 aromatic rings. The molecular weight excluding hydrogens is 439 g/mol. The maximum Gasteiger partial charge on any atom is 0.184 e. The highest BCUT2D eigenvalue weighted by atomic mass is 35.5. The van der Waals surface area contributed by atoms with Gasteiger partial charge in [0.1, 0.15) is 25.9 Å². The summed E-state index contributed by atoms with van der Waals surface area (Å²) >= 11 is 0. The van der Waals surface area contributed by atoms with Gasteiger partial charge in [0.2, 0.25) is 0 Å². The van der Waals surface area contributed by atoms with Crippen molar-refractivity contribution in [1.82, 2.24) is 0 Å². The Hall–Kier alpha value is -2.02. The quantitative estimate of drug-likeness (QED) is 0.704. The summed E-state index contributed by atoms with van der Waals surface area (Å²) in [7, 11) is 0. The van der Waals surface area contributed by atoms with E-state index < -0.39 is 0 Å². The van der Waals surface area contributed by atoms with E-state index in [1.54, 1.807) is 0 Å². The summed E-state index contributed by atoms with van der Waals surface area (Å²) in [4.78, 5) is 2.42. The number of hydrogen-bond acceptors (Lipinski definition) is 6. The van der Waals surface area contributed by atoms with Crippen LogP contribution in [0.4, 0.5) is 5.69 Å². The van der Waals surface area contributed by atoms with Crippen molar-refractivity contribution >= 4 is 30.5 Å². The maximum atomic E-state index is 5.77. The van der Waals surface area contributed by atoms with Crippen LogP contribution in [0.2, 0.25) is 0 Å². The minimum atomic E-state index is -0.0000926. The second kappa shape index (κ2) is 12.1. The highest BCUT2D eigenvalue weighted by molar-refractivity contribution is 5.85. The summed E-state index contributed by atoms with van der Waals surface area (Å²) in [6.07, 6.45) is 2.54. The fourth-order valence-electron chi connectivity index (χ4n) is 3.74. The van der Waals surface area contributed by atoms with Crippen LogP contribution in [0.15, 0.2) is 42.5 Å². The number of anilines is 1. The van der Waals surface area contributed by atoms with Crippen LogP contribution in [0.1, 0.15) is 19.8 Å². The molecule has 1 atom stereocenters. The third kappa shape index (κ3) is 6.25. The van der Waals surface area contributed by atoms with Crippen LogP contribution in [0.5, 0.6) is 23.0 Å². The molecule has 0 bridgehead atoms. The zero-order chi connectivity index (χ0) is 20.1. The number of para-hydroxylation sites is 3. The van der Waals surface area contributed by atoms with E-state index in [1.807, 2.05) is 30.3 Å². The summed E-state index contributed by atoms with van der Waals surface area (Å²) in [6.45, 7) is 6.95. The van der Waals surface area contributed by atoms with Crippen LogP contribution in [0.25, 0.3) is 0 Å². The molecule has 2 N–H and O–H groups in total. The molecule has 0 radical (unpaired) electrons. The Kier molecular flexibility index (Phi) is 9.88. The van der Waals surface area contributed by atoms with Crippen molar-refractivity contribution in [2.24, 2.45) is 11.7 Å². The molecular formula is C23H32Cl2N2O4. The van der Waals surface area contributed by atoms with Crippen molar-refractivity contribution in [3.8, 4) is 23.0 Å². The fraction of sp³-hybridized carbons (Fsp3) is 0.478. The first-order chi connectivity index (χ1) is 14.2. The number of hydrogen-bond donors (Lipinski definition) is 1. The van der Waals surface area contributed by atoms with E-state index in [1.165, 1.54) is 18.5 Å². The Morgan fingerprint density at radius 3 is 2.29 bits per heavy atom. The molecule has 1 fully saturated rings. The number of ether oxygens (including phenoxy) is 4. The van der Waals surface area contributed by atoms with Crippen molar-refractivity contribution in [2.75, 3.05) is 44.4 Å². The van der Waals surface area contributed by atoms with E-state index >= 15 is 0 Å². The average molecular weight is 471 g/mol. The predicted molar refractivity (Wildman–Crippen MR) is 128 cm³/mol. The van der Waals surface area contributed by atoms with Gasteiger partial charge < -0.3 is 29.6 Å². The summed E-state index contributed by atoms with van der Waals surface area (Å²) in [5.74, 6) is 4.28. The molecule has 8 heteroatoms. The van der Waals surface area contributed by atoms with Crippen LogP contribution in [-0.4, -0.2) is 45.6 Å². The van der Waals surface area contributed by atoms with E-state index in [-0.39, 0.29) is 30.9 Å². The van der Waals surface area contributed by atoms with Gasteiger partial charge in [-0.25, -0.2) is 0 Å². The number of benzene rings is 2. The molecule has 0 aromatic heterocycles. The highest BCUT2D eigenvalue weighted by Crippen LogP contribution is 2.40. The Morgan fingerprint density at radius 2 is 1.55 bits per heavy atom. The molecule has 3 aliphatic rings.